The molecule has 2 rings (SSSR count). The maximum absolute atomic E-state index is 11.3. The molecule has 28 heavy (non-hydrogen) atoms. The number of benzene rings is 2. The Balaban J connectivity index is 1.89. The highest BCUT2D eigenvalue weighted by Gasteiger charge is 2.05. The summed E-state index contributed by atoms with van der Waals surface area (Å²) in [5, 5.41) is 2.34. The van der Waals surface area contributed by atoms with Gasteiger partial charge in [-0.05, 0) is 42.8 Å². The Labute approximate surface area is 174 Å². The van der Waals surface area contributed by atoms with Gasteiger partial charge in [-0.3, -0.25) is 0 Å². The second kappa shape index (κ2) is 12.3. The number of ether oxygens (including phenoxy) is 2. The topological polar surface area (TPSA) is 52.6 Å². The molecule has 0 atom stereocenters. The van der Waals surface area contributed by atoms with E-state index in [4.69, 9.17) is 9.47 Å². The van der Waals surface area contributed by atoms with Crippen LogP contribution in [0.25, 0.3) is 10.8 Å². The first kappa shape index (κ1) is 22.1. The number of hydrogen-bond donors (Lipinski definition) is 0. The van der Waals surface area contributed by atoms with Crippen molar-refractivity contribution >= 4 is 46.2 Å². The molecular formula is C22H24O4S2. The monoisotopic (exact) mass is 416 g/mol. The van der Waals surface area contributed by atoms with Crippen LogP contribution in [0.2, 0.25) is 0 Å². The maximum Gasteiger partial charge on any atom is 0.330 e. The number of fused-ring (bicyclic) bond motifs is 1. The predicted octanol–water partition coefficient (Wildman–Crippen LogP) is 5.26. The van der Waals surface area contributed by atoms with Gasteiger partial charge < -0.3 is 9.47 Å². The molecule has 0 saturated heterocycles. The van der Waals surface area contributed by atoms with E-state index < -0.39 is 0 Å². The molecule has 0 fully saturated rings. The van der Waals surface area contributed by atoms with Gasteiger partial charge >= 0.3 is 11.9 Å². The zero-order valence-electron chi connectivity index (χ0n) is 16.1. The lowest BCUT2D eigenvalue weighted by atomic mass is 10.1. The Morgan fingerprint density at radius 1 is 0.893 bits per heavy atom. The number of allylic oxidation sites excluding steroid dienone is 2. The average molecular weight is 417 g/mol. The molecule has 0 aliphatic rings. The molecule has 2 aromatic carbocycles. The van der Waals surface area contributed by atoms with Gasteiger partial charge in [0.05, 0.1) is 0 Å². The number of rotatable bonds is 10. The number of carbonyl (C=O) groups excluding carboxylic acids is 2. The van der Waals surface area contributed by atoms with E-state index in [1.54, 1.807) is 49.5 Å². The summed E-state index contributed by atoms with van der Waals surface area (Å²) < 4.78 is 10.2. The van der Waals surface area contributed by atoms with E-state index in [-0.39, 0.29) is 11.9 Å². The summed E-state index contributed by atoms with van der Waals surface area (Å²) in [6, 6.07) is 12.5. The molecule has 148 valence electrons. The highest BCUT2D eigenvalue weighted by molar-refractivity contribution is 7.99. The fraction of sp³-hybridized carbons (Fsp3) is 0.273. The Morgan fingerprint density at radius 2 is 1.54 bits per heavy atom. The van der Waals surface area contributed by atoms with Crippen LogP contribution in [0.15, 0.2) is 70.5 Å². The van der Waals surface area contributed by atoms with E-state index in [0.717, 1.165) is 15.2 Å². The molecule has 0 saturated carbocycles. The van der Waals surface area contributed by atoms with Crippen molar-refractivity contribution in [3.63, 3.8) is 0 Å². The van der Waals surface area contributed by atoms with Gasteiger partial charge in [-0.2, -0.15) is 0 Å². The van der Waals surface area contributed by atoms with Crippen LogP contribution >= 0.6 is 23.5 Å². The number of hydrogen-bond acceptors (Lipinski definition) is 6. The van der Waals surface area contributed by atoms with Gasteiger partial charge in [-0.1, -0.05) is 30.4 Å². The molecule has 2 aromatic rings. The molecule has 0 spiro atoms. The average Bonchev–Trinajstić information content (AvgIpc) is 2.69. The maximum atomic E-state index is 11.3. The molecule has 0 radical (unpaired) electrons. The van der Waals surface area contributed by atoms with Crippen molar-refractivity contribution in [3.8, 4) is 0 Å². The largest absolute Gasteiger partial charge is 0.462 e. The molecule has 4 nitrogen and oxygen atoms in total. The van der Waals surface area contributed by atoms with Crippen LogP contribution in [0.4, 0.5) is 0 Å². The van der Waals surface area contributed by atoms with Crippen molar-refractivity contribution in [2.24, 2.45) is 0 Å². The van der Waals surface area contributed by atoms with Crippen molar-refractivity contribution in [2.45, 2.75) is 23.6 Å². The highest BCUT2D eigenvalue weighted by atomic mass is 32.2. The first-order valence-corrected chi connectivity index (χ1v) is 11.0. The van der Waals surface area contributed by atoms with Gasteiger partial charge in [0.2, 0.25) is 0 Å². The van der Waals surface area contributed by atoms with E-state index in [1.807, 2.05) is 6.07 Å². The van der Waals surface area contributed by atoms with Crippen molar-refractivity contribution in [1.82, 2.24) is 0 Å². The lowest BCUT2D eigenvalue weighted by molar-refractivity contribution is -0.138. The smallest absolute Gasteiger partial charge is 0.330 e. The first-order valence-electron chi connectivity index (χ1n) is 9.01. The molecule has 0 bridgehead atoms. The van der Waals surface area contributed by atoms with Crippen molar-refractivity contribution in [3.05, 3.63) is 60.7 Å². The van der Waals surface area contributed by atoms with Crippen molar-refractivity contribution < 1.29 is 19.1 Å². The standard InChI is InChI=1S/C22H24O4S2/c1-3-6-21(23)25-12-14-27-18-10-11-19-17(16-18)8-5-9-20(19)28-15-13-26-22(24)7-4-2/h3-11,16H,12-15H2,1-2H3. The third kappa shape index (κ3) is 7.44. The van der Waals surface area contributed by atoms with Crippen LogP contribution in [0.1, 0.15) is 13.8 Å². The quantitative estimate of drug-likeness (QED) is 0.228. The summed E-state index contributed by atoms with van der Waals surface area (Å²) in [5.74, 6) is 0.802. The molecule has 0 aliphatic heterocycles. The lowest BCUT2D eigenvalue weighted by Gasteiger charge is -2.09. The van der Waals surface area contributed by atoms with E-state index in [0.29, 0.717) is 24.7 Å². The van der Waals surface area contributed by atoms with Crippen LogP contribution in [-0.4, -0.2) is 36.7 Å². The van der Waals surface area contributed by atoms with E-state index >= 15 is 0 Å². The molecule has 0 aliphatic carbocycles. The minimum Gasteiger partial charge on any atom is -0.462 e. The third-order valence-electron chi connectivity index (χ3n) is 3.60. The Bertz CT molecular complexity index is 859. The third-order valence-corrected chi connectivity index (χ3v) is 5.59. The molecule has 6 heteroatoms. The van der Waals surface area contributed by atoms with E-state index in [1.165, 1.54) is 17.5 Å². The normalized spacial score (nSPS) is 11.4. The van der Waals surface area contributed by atoms with Crippen LogP contribution in [0.3, 0.4) is 0 Å². The van der Waals surface area contributed by atoms with Crippen molar-refractivity contribution in [2.75, 3.05) is 24.7 Å². The summed E-state index contributed by atoms with van der Waals surface area (Å²) >= 11 is 3.33. The second-order valence-corrected chi connectivity index (χ2v) is 7.98. The van der Waals surface area contributed by atoms with E-state index in [2.05, 4.69) is 30.3 Å². The van der Waals surface area contributed by atoms with Gasteiger partial charge in [0.1, 0.15) is 13.2 Å². The summed E-state index contributed by atoms with van der Waals surface area (Å²) in [5.41, 5.74) is 0. The zero-order valence-corrected chi connectivity index (χ0v) is 17.7. The molecule has 0 unspecified atom stereocenters. The number of esters is 2. The van der Waals surface area contributed by atoms with Crippen LogP contribution in [0.5, 0.6) is 0 Å². The lowest BCUT2D eigenvalue weighted by Crippen LogP contribution is -2.04. The minimum absolute atomic E-state index is 0.306. The Kier molecular flexibility index (Phi) is 9.72. The number of thioether (sulfide) groups is 2. The molecule has 0 aromatic heterocycles. The predicted molar refractivity (Wildman–Crippen MR) is 117 cm³/mol. The summed E-state index contributed by atoms with van der Waals surface area (Å²) in [6.45, 7) is 4.33. The highest BCUT2D eigenvalue weighted by Crippen LogP contribution is 2.31. The SMILES string of the molecule is CC=CC(=O)OCCSc1ccc2c(SCCOC(=O)C=CC)cccc2c1. The van der Waals surface area contributed by atoms with Gasteiger partial charge in [0.25, 0.3) is 0 Å². The first-order chi connectivity index (χ1) is 13.6. The Morgan fingerprint density at radius 3 is 2.18 bits per heavy atom. The molecular weight excluding hydrogens is 392 g/mol. The van der Waals surface area contributed by atoms with Crippen LogP contribution < -0.4 is 0 Å². The van der Waals surface area contributed by atoms with Crippen molar-refractivity contribution in [1.29, 1.82) is 0 Å². The molecule has 0 amide bonds. The molecule has 0 N–H and O–H groups in total. The van der Waals surface area contributed by atoms with Gasteiger partial charge in [-0.15, -0.1) is 23.5 Å². The second-order valence-electron chi connectivity index (χ2n) is 5.67. The van der Waals surface area contributed by atoms with Crippen LogP contribution in [-0.2, 0) is 19.1 Å². The van der Waals surface area contributed by atoms with E-state index in [9.17, 15) is 9.59 Å². The number of carbonyl (C=O) groups is 2. The Hall–Kier alpha value is -2.18. The van der Waals surface area contributed by atoms with Gasteiger partial charge in [0, 0.05) is 33.4 Å². The zero-order chi connectivity index (χ0) is 20.2. The van der Waals surface area contributed by atoms with Crippen LogP contribution in [0, 0.1) is 0 Å². The fourth-order valence-corrected chi connectivity index (χ4v) is 4.09. The summed E-state index contributed by atoms with van der Waals surface area (Å²) in [7, 11) is 0. The summed E-state index contributed by atoms with van der Waals surface area (Å²) in [6.07, 6.45) is 6.17. The minimum atomic E-state index is -0.306. The van der Waals surface area contributed by atoms with Gasteiger partial charge in [-0.25, -0.2) is 9.59 Å². The van der Waals surface area contributed by atoms with Gasteiger partial charge in [0.15, 0.2) is 0 Å². The fourth-order valence-electron chi connectivity index (χ4n) is 2.41. The summed E-state index contributed by atoms with van der Waals surface area (Å²) in [4.78, 5) is 24.9. The molecule has 0 heterocycles.